The molecule has 0 aliphatic rings. The van der Waals surface area contributed by atoms with Crippen LogP contribution in [0.1, 0.15) is 0 Å². The van der Waals surface area contributed by atoms with Crippen LogP contribution in [0.3, 0.4) is 0 Å². The van der Waals surface area contributed by atoms with Crippen LogP contribution >= 0.6 is 7.43 Å². The van der Waals surface area contributed by atoms with E-state index in [9.17, 15) is 0 Å². The fraction of sp³-hybridized carbons (Fsp3) is 0.500. The van der Waals surface area contributed by atoms with Crippen LogP contribution < -0.4 is 5.09 Å². The SMILES string of the molecule is C=CNP(C)(=N)OC. The maximum Gasteiger partial charge on any atom is 0.169 e. The standard InChI is InChI=1S/C4H11N2OP/c1-4-6-8(3,5)7-2/h4H,1H2,2-3H3,(H2,5,6). The van der Waals surface area contributed by atoms with E-state index in [-0.39, 0.29) is 0 Å². The van der Waals surface area contributed by atoms with Gasteiger partial charge in [-0.15, -0.1) is 0 Å². The summed E-state index contributed by atoms with van der Waals surface area (Å²) in [6, 6.07) is 0. The van der Waals surface area contributed by atoms with Crippen molar-refractivity contribution in [2.75, 3.05) is 13.8 Å². The van der Waals surface area contributed by atoms with Gasteiger partial charge in [0.05, 0.1) is 0 Å². The van der Waals surface area contributed by atoms with Crippen LogP contribution in [0.4, 0.5) is 0 Å². The molecule has 3 nitrogen and oxygen atoms in total. The first-order valence-corrected chi connectivity index (χ1v) is 4.34. The molecule has 0 aromatic carbocycles. The summed E-state index contributed by atoms with van der Waals surface area (Å²) in [6.45, 7) is 5.11. The van der Waals surface area contributed by atoms with E-state index >= 15 is 0 Å². The topological polar surface area (TPSA) is 45.1 Å². The van der Waals surface area contributed by atoms with Gasteiger partial charge in [-0.2, -0.15) is 0 Å². The Morgan fingerprint density at radius 1 is 1.88 bits per heavy atom. The fourth-order valence-corrected chi connectivity index (χ4v) is 0.681. The van der Waals surface area contributed by atoms with Crippen LogP contribution in [0.15, 0.2) is 12.8 Å². The van der Waals surface area contributed by atoms with Gasteiger partial charge in [0.15, 0.2) is 7.43 Å². The minimum absolute atomic E-state index is 1.48. The second kappa shape index (κ2) is 2.90. The van der Waals surface area contributed by atoms with Gasteiger partial charge < -0.3 is 9.61 Å². The van der Waals surface area contributed by atoms with Crippen molar-refractivity contribution in [1.29, 1.82) is 5.16 Å². The van der Waals surface area contributed by atoms with Crippen LogP contribution in [0, 0.1) is 5.16 Å². The first kappa shape index (κ1) is 7.73. The Morgan fingerprint density at radius 3 is 2.50 bits per heavy atom. The maximum atomic E-state index is 7.28. The molecule has 1 unspecified atom stereocenters. The maximum absolute atomic E-state index is 7.28. The zero-order valence-electron chi connectivity index (χ0n) is 5.14. The average Bonchev–Trinajstić information content (AvgIpc) is 1.67. The van der Waals surface area contributed by atoms with Gasteiger partial charge in [0, 0.05) is 13.8 Å². The minimum atomic E-state index is -2.04. The molecular formula is C4H11N2OP. The second-order valence-electron chi connectivity index (χ2n) is 1.44. The van der Waals surface area contributed by atoms with Gasteiger partial charge in [-0.05, 0) is 6.20 Å². The van der Waals surface area contributed by atoms with E-state index in [4.69, 9.17) is 9.69 Å². The van der Waals surface area contributed by atoms with Crippen molar-refractivity contribution in [2.45, 2.75) is 0 Å². The van der Waals surface area contributed by atoms with E-state index < -0.39 is 7.43 Å². The van der Waals surface area contributed by atoms with Crippen molar-refractivity contribution in [2.24, 2.45) is 0 Å². The van der Waals surface area contributed by atoms with Gasteiger partial charge in [0.1, 0.15) is 0 Å². The first-order chi connectivity index (χ1) is 3.62. The zero-order chi connectivity index (χ0) is 6.62. The Hall–Kier alpha value is -0.270. The molecule has 0 aromatic rings. The third-order valence-corrected chi connectivity index (χ3v) is 2.11. The third-order valence-electron chi connectivity index (χ3n) is 0.703. The molecule has 0 aliphatic carbocycles. The third kappa shape index (κ3) is 2.83. The summed E-state index contributed by atoms with van der Waals surface area (Å²) in [5.41, 5.74) is 0. The predicted molar refractivity (Wildman–Crippen MR) is 35.9 cm³/mol. The Kier molecular flexibility index (Phi) is 2.80. The molecule has 4 heteroatoms. The second-order valence-corrected chi connectivity index (χ2v) is 3.91. The van der Waals surface area contributed by atoms with Gasteiger partial charge >= 0.3 is 0 Å². The average molecular weight is 134 g/mol. The molecule has 0 radical (unpaired) electrons. The van der Waals surface area contributed by atoms with Gasteiger partial charge in [0.2, 0.25) is 0 Å². The summed E-state index contributed by atoms with van der Waals surface area (Å²) in [5, 5.41) is 9.97. The molecule has 0 fully saturated rings. The molecule has 2 N–H and O–H groups in total. The number of rotatable bonds is 3. The Bertz CT molecular complexity index is 123. The number of hydrogen-bond donors (Lipinski definition) is 2. The van der Waals surface area contributed by atoms with E-state index in [0.717, 1.165) is 0 Å². The summed E-state index contributed by atoms with van der Waals surface area (Å²) < 4.78 is 4.77. The predicted octanol–water partition coefficient (Wildman–Crippen LogP) is 1.61. The highest BCUT2D eigenvalue weighted by molar-refractivity contribution is 7.57. The molecular weight excluding hydrogens is 123 g/mol. The van der Waals surface area contributed by atoms with E-state index in [2.05, 4.69) is 11.7 Å². The monoisotopic (exact) mass is 134 g/mol. The number of nitrogens with one attached hydrogen (secondary N) is 2. The molecule has 0 saturated heterocycles. The lowest BCUT2D eigenvalue weighted by molar-refractivity contribution is 0.449. The normalized spacial score (nSPS) is 16.8. The zero-order valence-corrected chi connectivity index (χ0v) is 6.03. The summed E-state index contributed by atoms with van der Waals surface area (Å²) in [6.07, 6.45) is 1.48. The molecule has 0 aliphatic heterocycles. The lowest BCUT2D eigenvalue weighted by atomic mass is 11.1. The lowest BCUT2D eigenvalue weighted by Gasteiger charge is -2.12. The van der Waals surface area contributed by atoms with Crippen molar-refractivity contribution in [3.63, 3.8) is 0 Å². The molecule has 1 atom stereocenters. The van der Waals surface area contributed by atoms with Crippen LogP contribution in [0.25, 0.3) is 0 Å². The van der Waals surface area contributed by atoms with Crippen molar-refractivity contribution in [3.8, 4) is 0 Å². The Balaban J connectivity index is 3.72. The van der Waals surface area contributed by atoms with E-state index in [1.807, 2.05) is 0 Å². The summed E-state index contributed by atoms with van der Waals surface area (Å²) in [5.74, 6) is 0. The molecule has 0 rings (SSSR count). The molecule has 0 amide bonds. The molecule has 0 heterocycles. The highest BCUT2D eigenvalue weighted by Crippen LogP contribution is 2.36. The fourth-order valence-electron chi connectivity index (χ4n) is 0.227. The molecule has 8 heavy (non-hydrogen) atoms. The van der Waals surface area contributed by atoms with E-state index in [1.54, 1.807) is 6.66 Å². The smallest absolute Gasteiger partial charge is 0.169 e. The highest BCUT2D eigenvalue weighted by atomic mass is 31.2. The summed E-state index contributed by atoms with van der Waals surface area (Å²) in [7, 11) is -0.530. The molecule has 0 bridgehead atoms. The van der Waals surface area contributed by atoms with Gasteiger partial charge in [-0.25, -0.2) is 0 Å². The molecule has 0 saturated carbocycles. The van der Waals surface area contributed by atoms with Crippen LogP contribution in [-0.2, 0) is 4.52 Å². The Labute approximate surface area is 49.7 Å². The molecule has 0 aromatic heterocycles. The van der Waals surface area contributed by atoms with Crippen molar-refractivity contribution >= 4 is 7.43 Å². The van der Waals surface area contributed by atoms with Gasteiger partial charge in [-0.1, -0.05) is 6.58 Å². The largest absolute Gasteiger partial charge is 0.339 e. The van der Waals surface area contributed by atoms with Crippen molar-refractivity contribution in [1.82, 2.24) is 5.09 Å². The highest BCUT2D eigenvalue weighted by Gasteiger charge is 2.01. The van der Waals surface area contributed by atoms with Crippen LogP contribution in [0.2, 0.25) is 0 Å². The molecule has 48 valence electrons. The Morgan fingerprint density at radius 2 is 2.38 bits per heavy atom. The van der Waals surface area contributed by atoms with Crippen LogP contribution in [0.5, 0.6) is 0 Å². The van der Waals surface area contributed by atoms with E-state index in [1.165, 1.54) is 13.3 Å². The lowest BCUT2D eigenvalue weighted by Crippen LogP contribution is -1.99. The van der Waals surface area contributed by atoms with E-state index in [0.29, 0.717) is 0 Å². The van der Waals surface area contributed by atoms with Gasteiger partial charge in [0.25, 0.3) is 0 Å². The summed E-state index contributed by atoms with van der Waals surface area (Å²) >= 11 is 0. The van der Waals surface area contributed by atoms with Crippen molar-refractivity contribution < 1.29 is 4.52 Å². The quantitative estimate of drug-likeness (QED) is 0.576. The summed E-state index contributed by atoms with van der Waals surface area (Å²) in [4.78, 5) is 0. The van der Waals surface area contributed by atoms with Crippen molar-refractivity contribution in [3.05, 3.63) is 12.8 Å². The minimum Gasteiger partial charge on any atom is -0.339 e. The van der Waals surface area contributed by atoms with Crippen LogP contribution in [-0.4, -0.2) is 13.8 Å². The van der Waals surface area contributed by atoms with Gasteiger partial charge in [-0.3, -0.25) is 5.16 Å². The first-order valence-electron chi connectivity index (χ1n) is 2.18. The number of hydrogen-bond acceptors (Lipinski definition) is 2. The molecule has 0 spiro atoms.